The summed E-state index contributed by atoms with van der Waals surface area (Å²) in [6.07, 6.45) is 0. The molecule has 7 heteroatoms. The third-order valence-corrected chi connectivity index (χ3v) is 3.39. The minimum Gasteiger partial charge on any atom is -0.508 e. The molecular formula is C16H16N2O5. The van der Waals surface area contributed by atoms with Crippen molar-refractivity contribution < 1.29 is 19.6 Å². The number of para-hydroxylation sites is 1. The van der Waals surface area contributed by atoms with Crippen molar-refractivity contribution in [2.45, 2.75) is 13.0 Å². The van der Waals surface area contributed by atoms with Crippen LogP contribution < -0.4 is 10.1 Å². The van der Waals surface area contributed by atoms with Gasteiger partial charge in [0.15, 0.2) is 0 Å². The summed E-state index contributed by atoms with van der Waals surface area (Å²) in [4.78, 5) is 22.7. The number of nitro groups is 1. The summed E-state index contributed by atoms with van der Waals surface area (Å²) in [5, 5.41) is 23.5. The fraction of sp³-hybridized carbons (Fsp3) is 0.188. The zero-order chi connectivity index (χ0) is 17.0. The third kappa shape index (κ3) is 3.57. The molecule has 0 aromatic heterocycles. The number of nitrogens with zero attached hydrogens (tertiary/aromatic N) is 1. The Balaban J connectivity index is 2.25. The van der Waals surface area contributed by atoms with E-state index in [2.05, 4.69) is 5.32 Å². The number of rotatable bonds is 5. The molecule has 0 saturated heterocycles. The van der Waals surface area contributed by atoms with Gasteiger partial charge in [0.2, 0.25) is 0 Å². The summed E-state index contributed by atoms with van der Waals surface area (Å²) in [5.41, 5.74) is 0.148. The molecule has 2 N–H and O–H groups in total. The number of nitro benzene ring substituents is 1. The minimum absolute atomic E-state index is 0.00108. The van der Waals surface area contributed by atoms with Gasteiger partial charge in [-0.2, -0.15) is 0 Å². The molecular weight excluding hydrogens is 300 g/mol. The SMILES string of the molecule is COc1ccc(O)c([C@H](C)NC(=O)c2ccccc2[N+](=O)[O-])c1. The lowest BCUT2D eigenvalue weighted by Crippen LogP contribution is -2.27. The maximum atomic E-state index is 12.3. The highest BCUT2D eigenvalue weighted by molar-refractivity contribution is 5.98. The molecule has 120 valence electrons. The zero-order valence-corrected chi connectivity index (χ0v) is 12.6. The fourth-order valence-electron chi connectivity index (χ4n) is 2.18. The van der Waals surface area contributed by atoms with E-state index in [1.165, 1.54) is 31.4 Å². The molecule has 0 radical (unpaired) electrons. The Kier molecular flexibility index (Phi) is 4.80. The molecule has 2 aromatic rings. The molecule has 0 aliphatic rings. The highest BCUT2D eigenvalue weighted by Gasteiger charge is 2.22. The van der Waals surface area contributed by atoms with Crippen molar-refractivity contribution >= 4 is 11.6 Å². The van der Waals surface area contributed by atoms with Gasteiger partial charge < -0.3 is 15.2 Å². The van der Waals surface area contributed by atoms with Gasteiger partial charge in [0.05, 0.1) is 18.1 Å². The number of nitrogens with one attached hydrogen (secondary N) is 1. The Labute approximate surface area is 132 Å². The van der Waals surface area contributed by atoms with Gasteiger partial charge in [0, 0.05) is 11.6 Å². The quantitative estimate of drug-likeness (QED) is 0.652. The Bertz CT molecular complexity index is 745. The lowest BCUT2D eigenvalue weighted by molar-refractivity contribution is -0.385. The standard InChI is InChI=1S/C16H16N2O5/c1-10(13-9-11(23-2)7-8-15(13)19)17-16(20)12-5-3-4-6-14(12)18(21)22/h3-10,19H,1-2H3,(H,17,20)/t10-/m0/s1. The Morgan fingerprint density at radius 1 is 1.30 bits per heavy atom. The van der Waals surface area contributed by atoms with Crippen LogP contribution in [0.3, 0.4) is 0 Å². The number of carbonyl (C=O) groups excluding carboxylic acids is 1. The van der Waals surface area contributed by atoms with Crippen LogP contribution in [0.5, 0.6) is 11.5 Å². The third-order valence-electron chi connectivity index (χ3n) is 3.39. The predicted molar refractivity (Wildman–Crippen MR) is 83.6 cm³/mol. The molecule has 1 amide bonds. The molecule has 1 atom stereocenters. The van der Waals surface area contributed by atoms with Gasteiger partial charge in [-0.15, -0.1) is 0 Å². The van der Waals surface area contributed by atoms with Crippen LogP contribution in [-0.4, -0.2) is 23.0 Å². The Morgan fingerprint density at radius 2 is 2.00 bits per heavy atom. The molecule has 23 heavy (non-hydrogen) atoms. The molecule has 2 rings (SSSR count). The second-order valence-corrected chi connectivity index (χ2v) is 4.89. The van der Waals surface area contributed by atoms with E-state index in [9.17, 15) is 20.0 Å². The van der Waals surface area contributed by atoms with Crippen LogP contribution in [0.4, 0.5) is 5.69 Å². The van der Waals surface area contributed by atoms with E-state index in [0.717, 1.165) is 0 Å². The average molecular weight is 316 g/mol. The van der Waals surface area contributed by atoms with Gasteiger partial charge in [-0.25, -0.2) is 0 Å². The lowest BCUT2D eigenvalue weighted by atomic mass is 10.1. The van der Waals surface area contributed by atoms with Crippen LogP contribution >= 0.6 is 0 Å². The van der Waals surface area contributed by atoms with Crippen LogP contribution in [0.15, 0.2) is 42.5 Å². The van der Waals surface area contributed by atoms with Gasteiger partial charge in [-0.1, -0.05) is 12.1 Å². The number of amides is 1. The highest BCUT2D eigenvalue weighted by Crippen LogP contribution is 2.29. The normalized spacial score (nSPS) is 11.6. The number of ether oxygens (including phenoxy) is 1. The number of phenolic OH excluding ortho intramolecular Hbond substituents is 1. The number of benzene rings is 2. The van der Waals surface area contributed by atoms with E-state index in [1.54, 1.807) is 25.1 Å². The van der Waals surface area contributed by atoms with Crippen molar-refractivity contribution in [3.05, 3.63) is 63.7 Å². The highest BCUT2D eigenvalue weighted by atomic mass is 16.6. The molecule has 7 nitrogen and oxygen atoms in total. The molecule has 0 saturated carbocycles. The van der Waals surface area contributed by atoms with Crippen molar-refractivity contribution in [1.29, 1.82) is 0 Å². The number of aromatic hydroxyl groups is 1. The van der Waals surface area contributed by atoms with E-state index in [-0.39, 0.29) is 17.0 Å². The first-order chi connectivity index (χ1) is 10.9. The summed E-state index contributed by atoms with van der Waals surface area (Å²) in [5.74, 6) is -0.0576. The number of phenols is 1. The smallest absolute Gasteiger partial charge is 0.282 e. The van der Waals surface area contributed by atoms with Gasteiger partial charge in [0.1, 0.15) is 17.1 Å². The number of methoxy groups -OCH3 is 1. The minimum atomic E-state index is -0.609. The number of hydrogen-bond donors (Lipinski definition) is 2. The number of hydrogen-bond acceptors (Lipinski definition) is 5. The molecule has 0 heterocycles. The molecule has 0 aliphatic carbocycles. The van der Waals surface area contributed by atoms with E-state index >= 15 is 0 Å². The largest absolute Gasteiger partial charge is 0.508 e. The Hall–Kier alpha value is -3.09. The molecule has 0 fully saturated rings. The first-order valence-electron chi connectivity index (χ1n) is 6.85. The van der Waals surface area contributed by atoms with Crippen molar-refractivity contribution in [3.8, 4) is 11.5 Å². The van der Waals surface area contributed by atoms with Gasteiger partial charge in [0.25, 0.3) is 11.6 Å². The summed E-state index contributed by atoms with van der Waals surface area (Å²) in [7, 11) is 1.49. The van der Waals surface area contributed by atoms with E-state index in [4.69, 9.17) is 4.74 Å². The van der Waals surface area contributed by atoms with Gasteiger partial charge >= 0.3 is 0 Å². The number of carbonyl (C=O) groups is 1. The molecule has 0 spiro atoms. The van der Waals surface area contributed by atoms with Crippen LogP contribution in [0.25, 0.3) is 0 Å². The Morgan fingerprint density at radius 3 is 2.65 bits per heavy atom. The topological polar surface area (TPSA) is 102 Å². The predicted octanol–water partition coefficient (Wildman–Crippen LogP) is 2.80. The van der Waals surface area contributed by atoms with Crippen molar-refractivity contribution in [2.24, 2.45) is 0 Å². The summed E-state index contributed by atoms with van der Waals surface area (Å²) in [6.45, 7) is 1.67. The second kappa shape index (κ2) is 6.78. The first kappa shape index (κ1) is 16.3. The van der Waals surface area contributed by atoms with Crippen molar-refractivity contribution in [2.75, 3.05) is 7.11 Å². The van der Waals surface area contributed by atoms with Gasteiger partial charge in [-0.05, 0) is 31.2 Å². The van der Waals surface area contributed by atoms with Crippen molar-refractivity contribution in [1.82, 2.24) is 5.32 Å². The average Bonchev–Trinajstić information content (AvgIpc) is 2.55. The van der Waals surface area contributed by atoms with Crippen molar-refractivity contribution in [3.63, 3.8) is 0 Å². The van der Waals surface area contributed by atoms with Crippen LogP contribution in [-0.2, 0) is 0 Å². The van der Waals surface area contributed by atoms with E-state index in [1.807, 2.05) is 0 Å². The van der Waals surface area contributed by atoms with Gasteiger partial charge in [-0.3, -0.25) is 14.9 Å². The van der Waals surface area contributed by atoms with Crippen LogP contribution in [0, 0.1) is 10.1 Å². The van der Waals surface area contributed by atoms with E-state index < -0.39 is 16.9 Å². The molecule has 2 aromatic carbocycles. The monoisotopic (exact) mass is 316 g/mol. The summed E-state index contributed by atoms with van der Waals surface area (Å²) >= 11 is 0. The maximum absolute atomic E-state index is 12.3. The lowest BCUT2D eigenvalue weighted by Gasteiger charge is -2.16. The maximum Gasteiger partial charge on any atom is 0.282 e. The second-order valence-electron chi connectivity index (χ2n) is 4.89. The first-order valence-corrected chi connectivity index (χ1v) is 6.85. The summed E-state index contributed by atoms with van der Waals surface area (Å²) in [6, 6.07) is 9.78. The van der Waals surface area contributed by atoms with Crippen LogP contribution in [0.2, 0.25) is 0 Å². The van der Waals surface area contributed by atoms with E-state index in [0.29, 0.717) is 11.3 Å². The fourth-order valence-corrected chi connectivity index (χ4v) is 2.18. The molecule has 0 bridgehead atoms. The molecule has 0 unspecified atom stereocenters. The zero-order valence-electron chi connectivity index (χ0n) is 12.6. The molecule has 0 aliphatic heterocycles. The van der Waals surface area contributed by atoms with Crippen LogP contribution in [0.1, 0.15) is 28.9 Å². The summed E-state index contributed by atoms with van der Waals surface area (Å²) < 4.78 is 5.09.